The van der Waals surface area contributed by atoms with E-state index in [1.54, 1.807) is 19.5 Å². The van der Waals surface area contributed by atoms with Gasteiger partial charge in [-0.3, -0.25) is 9.79 Å². The van der Waals surface area contributed by atoms with Crippen LogP contribution in [0.25, 0.3) is 5.57 Å². The molecule has 1 aromatic carbocycles. The van der Waals surface area contributed by atoms with Gasteiger partial charge < -0.3 is 19.9 Å². The molecular formula is C21H32N2O4. The Morgan fingerprint density at radius 2 is 2.00 bits per heavy atom. The van der Waals surface area contributed by atoms with E-state index in [2.05, 4.69) is 11.1 Å². The van der Waals surface area contributed by atoms with Crippen molar-refractivity contribution >= 4 is 17.8 Å². The molecule has 1 rings (SSSR count). The number of carbonyl (C=O) groups excluding carboxylic acids is 1. The number of allylic oxidation sites excluding steroid dienone is 1. The Kier molecular flexibility index (Phi) is 10.4. The molecule has 27 heavy (non-hydrogen) atoms. The summed E-state index contributed by atoms with van der Waals surface area (Å²) < 4.78 is 15.8. The highest BCUT2D eigenvalue weighted by molar-refractivity contribution is 6.09. The summed E-state index contributed by atoms with van der Waals surface area (Å²) in [5.41, 5.74) is 8.27. The van der Waals surface area contributed by atoms with E-state index in [9.17, 15) is 4.79 Å². The number of hydrogen-bond acceptors (Lipinski definition) is 6. The van der Waals surface area contributed by atoms with Crippen LogP contribution >= 0.6 is 0 Å². The summed E-state index contributed by atoms with van der Waals surface area (Å²) in [7, 11) is 1.65. The van der Waals surface area contributed by atoms with Crippen molar-refractivity contribution in [1.82, 2.24) is 0 Å². The van der Waals surface area contributed by atoms with Gasteiger partial charge in [-0.2, -0.15) is 0 Å². The number of carbonyl (C=O) groups is 1. The smallest absolute Gasteiger partial charge is 0.308 e. The molecule has 0 amide bonds. The molecule has 0 aliphatic heterocycles. The Morgan fingerprint density at radius 1 is 1.22 bits per heavy atom. The number of methoxy groups -OCH3 is 1. The lowest BCUT2D eigenvalue weighted by Gasteiger charge is -2.19. The van der Waals surface area contributed by atoms with Crippen molar-refractivity contribution in [2.45, 2.75) is 39.2 Å². The Morgan fingerprint density at radius 3 is 2.67 bits per heavy atom. The maximum absolute atomic E-state index is 11.6. The largest absolute Gasteiger partial charge is 0.460 e. The molecule has 0 bridgehead atoms. The summed E-state index contributed by atoms with van der Waals surface area (Å²) in [5, 5.41) is 0. The number of nitrogens with zero attached hydrogens (tertiary/aromatic N) is 1. The summed E-state index contributed by atoms with van der Waals surface area (Å²) >= 11 is 0. The number of aliphatic imine (C=N–C) groups is 1. The zero-order chi connectivity index (χ0) is 20.1. The molecule has 0 saturated heterocycles. The summed E-state index contributed by atoms with van der Waals surface area (Å²) in [6, 6.07) is 8.08. The lowest BCUT2D eigenvalue weighted by molar-refractivity contribution is -0.156. The van der Waals surface area contributed by atoms with Gasteiger partial charge in [0.15, 0.2) is 0 Å². The van der Waals surface area contributed by atoms with Crippen molar-refractivity contribution in [2.24, 2.45) is 10.7 Å². The van der Waals surface area contributed by atoms with E-state index >= 15 is 0 Å². The van der Waals surface area contributed by atoms with Gasteiger partial charge in [-0.25, -0.2) is 0 Å². The topological polar surface area (TPSA) is 83.1 Å². The molecule has 0 saturated carbocycles. The molecule has 0 atom stereocenters. The Bertz CT molecular complexity index is 633. The van der Waals surface area contributed by atoms with Crippen LogP contribution in [-0.2, 0) is 25.4 Å². The van der Waals surface area contributed by atoms with Gasteiger partial charge in [0, 0.05) is 25.1 Å². The third kappa shape index (κ3) is 10.5. The van der Waals surface area contributed by atoms with Crippen molar-refractivity contribution < 1.29 is 19.0 Å². The number of esters is 1. The Balaban J connectivity index is 2.43. The maximum Gasteiger partial charge on any atom is 0.308 e. The molecule has 0 aliphatic rings. The van der Waals surface area contributed by atoms with Crippen molar-refractivity contribution in [3.8, 4) is 0 Å². The van der Waals surface area contributed by atoms with Gasteiger partial charge in [0.05, 0.1) is 32.8 Å². The first-order valence-corrected chi connectivity index (χ1v) is 9.15. The van der Waals surface area contributed by atoms with Crippen LogP contribution in [0.4, 0.5) is 0 Å². The molecule has 0 aromatic heterocycles. The third-order valence-corrected chi connectivity index (χ3v) is 3.50. The fourth-order valence-corrected chi connectivity index (χ4v) is 2.27. The quantitative estimate of drug-likeness (QED) is 0.365. The van der Waals surface area contributed by atoms with Gasteiger partial charge in [-0.1, -0.05) is 24.3 Å². The number of rotatable bonds is 11. The average molecular weight is 376 g/mol. The minimum absolute atomic E-state index is 0.241. The molecule has 150 valence electrons. The summed E-state index contributed by atoms with van der Waals surface area (Å²) in [6.45, 7) is 7.62. The monoisotopic (exact) mass is 376 g/mol. The standard InChI is InChI=1S/C21H32N2O4/c1-21(2,3)27-20(24)9-12-26-11-8-17-6-5-7-18(14-17)19(15-22)16-23-10-13-25-4/h5-7,14-16H,8-13,22H2,1-4H3. The van der Waals surface area contributed by atoms with Crippen LogP contribution in [0.5, 0.6) is 0 Å². The first kappa shape index (κ1) is 22.9. The van der Waals surface area contributed by atoms with Gasteiger partial charge in [0.1, 0.15) is 5.60 Å². The van der Waals surface area contributed by atoms with Gasteiger partial charge in [-0.15, -0.1) is 0 Å². The Hall–Kier alpha value is -2.18. The lowest BCUT2D eigenvalue weighted by atomic mass is 10.0. The highest BCUT2D eigenvalue weighted by atomic mass is 16.6. The number of hydrogen-bond donors (Lipinski definition) is 1. The zero-order valence-corrected chi connectivity index (χ0v) is 16.9. The second kappa shape index (κ2) is 12.3. The number of nitrogens with two attached hydrogens (primary N) is 1. The van der Waals surface area contributed by atoms with Crippen molar-refractivity contribution in [2.75, 3.05) is 33.5 Å². The van der Waals surface area contributed by atoms with Crippen molar-refractivity contribution in [1.29, 1.82) is 0 Å². The van der Waals surface area contributed by atoms with Crippen LogP contribution in [0.2, 0.25) is 0 Å². The van der Waals surface area contributed by atoms with E-state index in [0.717, 1.165) is 23.1 Å². The van der Waals surface area contributed by atoms with E-state index in [1.807, 2.05) is 39.0 Å². The highest BCUT2D eigenvalue weighted by Crippen LogP contribution is 2.14. The molecule has 0 spiro atoms. The summed E-state index contributed by atoms with van der Waals surface area (Å²) in [6.07, 6.45) is 4.32. The molecule has 1 aromatic rings. The number of benzene rings is 1. The minimum atomic E-state index is -0.460. The second-order valence-corrected chi connectivity index (χ2v) is 7.05. The third-order valence-electron chi connectivity index (χ3n) is 3.50. The van der Waals surface area contributed by atoms with Gasteiger partial charge in [0.2, 0.25) is 0 Å². The normalized spacial score (nSPS) is 12.5. The maximum atomic E-state index is 11.6. The highest BCUT2D eigenvalue weighted by Gasteiger charge is 2.15. The van der Waals surface area contributed by atoms with E-state index in [1.165, 1.54) is 0 Å². The summed E-state index contributed by atoms with van der Waals surface area (Å²) in [4.78, 5) is 15.9. The number of ether oxygens (including phenoxy) is 3. The lowest BCUT2D eigenvalue weighted by Crippen LogP contribution is -2.24. The van der Waals surface area contributed by atoms with Crippen molar-refractivity contribution in [3.63, 3.8) is 0 Å². The van der Waals surface area contributed by atoms with Gasteiger partial charge in [-0.05, 0) is 38.3 Å². The van der Waals surface area contributed by atoms with Gasteiger partial charge in [0.25, 0.3) is 0 Å². The van der Waals surface area contributed by atoms with E-state index in [4.69, 9.17) is 19.9 Å². The van der Waals surface area contributed by atoms with Crippen LogP contribution in [0.15, 0.2) is 35.5 Å². The fraction of sp³-hybridized carbons (Fsp3) is 0.524. The van der Waals surface area contributed by atoms with E-state index in [-0.39, 0.29) is 12.4 Å². The first-order valence-electron chi connectivity index (χ1n) is 9.15. The summed E-state index contributed by atoms with van der Waals surface area (Å²) in [5.74, 6) is -0.241. The van der Waals surface area contributed by atoms with Gasteiger partial charge >= 0.3 is 5.97 Å². The first-order chi connectivity index (χ1) is 12.9. The predicted molar refractivity (Wildman–Crippen MR) is 109 cm³/mol. The molecule has 0 aliphatic carbocycles. The van der Waals surface area contributed by atoms with Crippen LogP contribution in [0.1, 0.15) is 38.3 Å². The SMILES string of the molecule is COCCN=CC(=CN)c1cccc(CCOCCC(=O)OC(C)(C)C)c1. The molecule has 6 nitrogen and oxygen atoms in total. The van der Waals surface area contributed by atoms with E-state index < -0.39 is 5.60 Å². The fourth-order valence-electron chi connectivity index (χ4n) is 2.27. The zero-order valence-electron chi connectivity index (χ0n) is 16.9. The average Bonchev–Trinajstić information content (AvgIpc) is 2.60. The molecule has 0 unspecified atom stereocenters. The molecule has 2 N–H and O–H groups in total. The molecular weight excluding hydrogens is 344 g/mol. The molecule has 0 fully saturated rings. The molecule has 6 heteroatoms. The van der Waals surface area contributed by atoms with Crippen LogP contribution in [-0.4, -0.2) is 51.3 Å². The van der Waals surface area contributed by atoms with Crippen LogP contribution < -0.4 is 5.73 Å². The minimum Gasteiger partial charge on any atom is -0.460 e. The molecule has 0 radical (unpaired) electrons. The molecule has 0 heterocycles. The van der Waals surface area contributed by atoms with Crippen LogP contribution in [0, 0.1) is 0 Å². The van der Waals surface area contributed by atoms with Crippen LogP contribution in [0.3, 0.4) is 0 Å². The second-order valence-electron chi connectivity index (χ2n) is 7.05. The predicted octanol–water partition coefficient (Wildman–Crippen LogP) is 2.99. The van der Waals surface area contributed by atoms with Crippen molar-refractivity contribution in [3.05, 3.63) is 41.6 Å². The van der Waals surface area contributed by atoms with E-state index in [0.29, 0.717) is 26.4 Å². The Labute approximate surface area is 162 Å².